The molecule has 6 heteroatoms. The second-order valence-electron chi connectivity index (χ2n) is 6.04. The van der Waals surface area contributed by atoms with E-state index in [-0.39, 0.29) is 17.4 Å². The Morgan fingerprint density at radius 2 is 1.90 bits per heavy atom. The van der Waals surface area contributed by atoms with Gasteiger partial charge in [0.1, 0.15) is 0 Å². The lowest BCUT2D eigenvalue weighted by molar-refractivity contribution is -0.137. The monoisotopic (exact) mass is 300 g/mol. The molecule has 1 aliphatic heterocycles. The number of hydrogen-bond acceptors (Lipinski definition) is 3. The lowest BCUT2D eigenvalue weighted by atomic mass is 9.98. The summed E-state index contributed by atoms with van der Waals surface area (Å²) in [5.41, 5.74) is -0.791. The molecular weight excluding hydrogens is 281 g/mol. The molecule has 0 aliphatic carbocycles. The van der Waals surface area contributed by atoms with Gasteiger partial charge in [-0.25, -0.2) is 0 Å². The van der Waals surface area contributed by atoms with Gasteiger partial charge < -0.3 is 4.90 Å². The number of rotatable bonds is 2. The van der Waals surface area contributed by atoms with Gasteiger partial charge in [0.25, 0.3) is 0 Å². The largest absolute Gasteiger partial charge is 0.417 e. The van der Waals surface area contributed by atoms with Crippen LogP contribution in [0.25, 0.3) is 0 Å². The molecule has 0 aromatic heterocycles. The highest BCUT2D eigenvalue weighted by atomic mass is 19.4. The van der Waals surface area contributed by atoms with Gasteiger partial charge in [0, 0.05) is 36.4 Å². The summed E-state index contributed by atoms with van der Waals surface area (Å²) >= 11 is 0. The minimum Gasteiger partial charge on any atom is -0.368 e. The van der Waals surface area contributed by atoms with Gasteiger partial charge in [0.05, 0.1) is 5.56 Å². The second-order valence-corrected chi connectivity index (χ2v) is 6.04. The average molecular weight is 300 g/mol. The van der Waals surface area contributed by atoms with E-state index < -0.39 is 11.7 Å². The third-order valence-electron chi connectivity index (χ3n) is 4.15. The van der Waals surface area contributed by atoms with E-state index in [0.29, 0.717) is 18.8 Å². The highest BCUT2D eigenvalue weighted by molar-refractivity contribution is 5.79. The first-order chi connectivity index (χ1) is 9.65. The number of halogens is 3. The Bertz CT molecular complexity index is 540. The van der Waals surface area contributed by atoms with E-state index in [2.05, 4.69) is 18.7 Å². The summed E-state index contributed by atoms with van der Waals surface area (Å²) in [5, 5.41) is 0. The van der Waals surface area contributed by atoms with Crippen LogP contribution in [0.15, 0.2) is 18.2 Å². The Kier molecular flexibility index (Phi) is 4.02. The van der Waals surface area contributed by atoms with Crippen LogP contribution in [0, 0.1) is 0 Å². The van der Waals surface area contributed by atoms with Crippen molar-refractivity contribution in [2.45, 2.75) is 25.6 Å². The molecule has 0 atom stereocenters. The molecule has 1 saturated heterocycles. The van der Waals surface area contributed by atoms with Crippen molar-refractivity contribution in [2.24, 2.45) is 0 Å². The van der Waals surface area contributed by atoms with Gasteiger partial charge >= 0.3 is 6.18 Å². The maximum Gasteiger partial charge on any atom is 0.417 e. The van der Waals surface area contributed by atoms with Gasteiger partial charge in [-0.15, -0.1) is 0 Å². The van der Waals surface area contributed by atoms with E-state index in [1.54, 1.807) is 6.07 Å². The molecule has 1 heterocycles. The molecule has 2 rings (SSSR count). The normalized spacial score (nSPS) is 19.6. The van der Waals surface area contributed by atoms with Crippen molar-refractivity contribution in [3.05, 3.63) is 29.3 Å². The third-order valence-corrected chi connectivity index (χ3v) is 4.15. The predicted molar refractivity (Wildman–Crippen MR) is 75.8 cm³/mol. The quantitative estimate of drug-likeness (QED) is 0.784. The van der Waals surface area contributed by atoms with Crippen molar-refractivity contribution < 1.29 is 18.0 Å². The molecule has 0 unspecified atom stereocenters. The Hall–Kier alpha value is -1.56. The summed E-state index contributed by atoms with van der Waals surface area (Å²) in [6.07, 6.45) is -4.27. The van der Waals surface area contributed by atoms with E-state index in [9.17, 15) is 18.0 Å². The highest BCUT2D eigenvalue weighted by Crippen LogP contribution is 2.35. The second kappa shape index (κ2) is 5.33. The Labute approximate surface area is 122 Å². The Morgan fingerprint density at radius 3 is 2.43 bits per heavy atom. The SMILES string of the molecule is CN1CCN(c2ccc(C=O)c(C(F)(F)F)c2)CC1(C)C. The fourth-order valence-electron chi connectivity index (χ4n) is 2.55. The summed E-state index contributed by atoms with van der Waals surface area (Å²) < 4.78 is 39.0. The van der Waals surface area contributed by atoms with Crippen LogP contribution in [0.2, 0.25) is 0 Å². The molecule has 1 aromatic rings. The number of carbonyl (C=O) groups excluding carboxylic acids is 1. The molecule has 0 spiro atoms. The topological polar surface area (TPSA) is 23.6 Å². The summed E-state index contributed by atoms with van der Waals surface area (Å²) in [6, 6.07) is 3.90. The summed E-state index contributed by atoms with van der Waals surface area (Å²) in [4.78, 5) is 14.9. The smallest absolute Gasteiger partial charge is 0.368 e. The van der Waals surface area contributed by atoms with E-state index in [4.69, 9.17) is 0 Å². The van der Waals surface area contributed by atoms with Crippen molar-refractivity contribution in [2.75, 3.05) is 31.6 Å². The van der Waals surface area contributed by atoms with Gasteiger partial charge in [-0.05, 0) is 39.1 Å². The minimum absolute atomic E-state index is 0.111. The molecule has 0 N–H and O–H groups in total. The molecule has 21 heavy (non-hydrogen) atoms. The van der Waals surface area contributed by atoms with Crippen LogP contribution in [0.1, 0.15) is 29.8 Å². The number of anilines is 1. The number of alkyl halides is 3. The highest BCUT2D eigenvalue weighted by Gasteiger charge is 2.35. The van der Waals surface area contributed by atoms with Crippen molar-refractivity contribution in [3.63, 3.8) is 0 Å². The van der Waals surface area contributed by atoms with Crippen molar-refractivity contribution in [1.29, 1.82) is 0 Å². The zero-order valence-electron chi connectivity index (χ0n) is 12.4. The van der Waals surface area contributed by atoms with Crippen LogP contribution in [-0.4, -0.2) is 43.4 Å². The average Bonchev–Trinajstić information content (AvgIpc) is 2.40. The third kappa shape index (κ3) is 3.20. The molecule has 3 nitrogen and oxygen atoms in total. The molecule has 0 amide bonds. The van der Waals surface area contributed by atoms with Crippen LogP contribution >= 0.6 is 0 Å². The molecule has 1 aromatic carbocycles. The molecule has 0 radical (unpaired) electrons. The fraction of sp³-hybridized carbons (Fsp3) is 0.533. The summed E-state index contributed by atoms with van der Waals surface area (Å²) in [6.45, 7) is 6.20. The first kappa shape index (κ1) is 15.8. The molecule has 0 bridgehead atoms. The first-order valence-corrected chi connectivity index (χ1v) is 6.78. The maximum atomic E-state index is 13.0. The maximum absolute atomic E-state index is 13.0. The fourth-order valence-corrected chi connectivity index (χ4v) is 2.55. The molecular formula is C15H19F3N2O. The van der Waals surface area contributed by atoms with Crippen molar-refractivity contribution >= 4 is 12.0 Å². The summed E-state index contributed by atoms with van der Waals surface area (Å²) in [5.74, 6) is 0. The van der Waals surface area contributed by atoms with E-state index in [1.165, 1.54) is 6.07 Å². The van der Waals surface area contributed by atoms with E-state index in [1.807, 2.05) is 11.9 Å². The van der Waals surface area contributed by atoms with Crippen LogP contribution < -0.4 is 4.90 Å². The zero-order chi connectivity index (χ0) is 15.8. The lowest BCUT2D eigenvalue weighted by Gasteiger charge is -2.46. The number of carbonyl (C=O) groups is 1. The van der Waals surface area contributed by atoms with Gasteiger partial charge in [-0.1, -0.05) is 0 Å². The van der Waals surface area contributed by atoms with Gasteiger partial charge in [-0.3, -0.25) is 9.69 Å². The van der Waals surface area contributed by atoms with Gasteiger partial charge in [0.15, 0.2) is 6.29 Å². The van der Waals surface area contributed by atoms with Crippen LogP contribution in [0.5, 0.6) is 0 Å². The number of benzene rings is 1. The van der Waals surface area contributed by atoms with Crippen molar-refractivity contribution in [1.82, 2.24) is 4.90 Å². The standard InChI is InChI=1S/C15H19F3N2O/c1-14(2)10-20(7-6-19(14)3)12-5-4-11(9-21)13(8-12)15(16,17)18/h4-5,8-9H,6-7,10H2,1-3H3. The van der Waals surface area contributed by atoms with Crippen LogP contribution in [0.3, 0.4) is 0 Å². The summed E-state index contributed by atoms with van der Waals surface area (Å²) in [7, 11) is 2.01. The minimum atomic E-state index is -4.52. The van der Waals surface area contributed by atoms with Gasteiger partial charge in [-0.2, -0.15) is 13.2 Å². The van der Waals surface area contributed by atoms with Crippen molar-refractivity contribution in [3.8, 4) is 0 Å². The first-order valence-electron chi connectivity index (χ1n) is 6.78. The van der Waals surface area contributed by atoms with E-state index in [0.717, 1.165) is 12.6 Å². The zero-order valence-corrected chi connectivity index (χ0v) is 12.4. The Balaban J connectivity index is 2.35. The van der Waals surface area contributed by atoms with Crippen LogP contribution in [0.4, 0.5) is 18.9 Å². The van der Waals surface area contributed by atoms with E-state index >= 15 is 0 Å². The molecule has 1 aliphatic rings. The Morgan fingerprint density at radius 1 is 1.24 bits per heavy atom. The molecule has 0 saturated carbocycles. The number of likely N-dealkylation sites (N-methyl/N-ethyl adjacent to an activating group) is 1. The number of piperazine rings is 1. The molecule has 1 fully saturated rings. The number of hydrogen-bond donors (Lipinski definition) is 0. The number of nitrogens with zero attached hydrogens (tertiary/aromatic N) is 2. The van der Waals surface area contributed by atoms with Crippen LogP contribution in [-0.2, 0) is 6.18 Å². The predicted octanol–water partition coefficient (Wildman–Crippen LogP) is 3.05. The van der Waals surface area contributed by atoms with Gasteiger partial charge in [0.2, 0.25) is 0 Å². The number of aldehydes is 1. The lowest BCUT2D eigenvalue weighted by Crippen LogP contribution is -2.57. The molecule has 116 valence electrons.